The third-order valence-corrected chi connectivity index (χ3v) is 4.38. The van der Waals surface area contributed by atoms with E-state index in [0.29, 0.717) is 22.9 Å². The van der Waals surface area contributed by atoms with Crippen molar-refractivity contribution >= 4 is 15.9 Å². The zero-order chi connectivity index (χ0) is 13.9. The van der Waals surface area contributed by atoms with E-state index in [1.165, 1.54) is 18.9 Å². The molecule has 2 fully saturated rings. The Kier molecular flexibility index (Phi) is 4.58. The predicted octanol–water partition coefficient (Wildman–Crippen LogP) is 3.27. The monoisotopic (exact) mass is 343 g/mol. The molecule has 1 N–H and O–H groups in total. The largest absolute Gasteiger partial charge is 0.491 e. The van der Waals surface area contributed by atoms with E-state index in [0.717, 1.165) is 25.4 Å². The summed E-state index contributed by atoms with van der Waals surface area (Å²) in [4.78, 5) is 0. The van der Waals surface area contributed by atoms with Gasteiger partial charge in [-0.05, 0) is 53.7 Å². The molecule has 1 aliphatic carbocycles. The van der Waals surface area contributed by atoms with Gasteiger partial charge in [-0.1, -0.05) is 0 Å². The quantitative estimate of drug-likeness (QED) is 0.859. The molecule has 0 radical (unpaired) electrons. The van der Waals surface area contributed by atoms with Crippen molar-refractivity contribution in [2.24, 2.45) is 0 Å². The van der Waals surface area contributed by atoms with Crippen molar-refractivity contribution in [3.8, 4) is 5.75 Å². The van der Waals surface area contributed by atoms with E-state index in [4.69, 9.17) is 9.47 Å². The van der Waals surface area contributed by atoms with Crippen molar-refractivity contribution in [1.82, 2.24) is 5.32 Å². The Labute approximate surface area is 127 Å². The first kappa shape index (κ1) is 14.3. The molecule has 1 aromatic rings. The minimum absolute atomic E-state index is 0.118. The van der Waals surface area contributed by atoms with Crippen LogP contribution in [0.5, 0.6) is 5.75 Å². The average molecular weight is 344 g/mol. The maximum atomic E-state index is 13.4. The van der Waals surface area contributed by atoms with Gasteiger partial charge in [0.05, 0.1) is 16.7 Å². The van der Waals surface area contributed by atoms with Crippen LogP contribution in [0.2, 0.25) is 0 Å². The average Bonchev–Trinajstić information content (AvgIpc) is 3.16. The first-order chi connectivity index (χ1) is 9.70. The van der Waals surface area contributed by atoms with Gasteiger partial charge in [-0.15, -0.1) is 0 Å². The molecule has 3 nitrogen and oxygen atoms in total. The SMILES string of the molecule is Fc1cc(OCC2CCC(CNC3CC3)O2)ccc1Br. The fourth-order valence-electron chi connectivity index (χ4n) is 2.39. The van der Waals surface area contributed by atoms with Crippen molar-refractivity contribution in [3.05, 3.63) is 28.5 Å². The van der Waals surface area contributed by atoms with E-state index in [9.17, 15) is 4.39 Å². The number of hydrogen-bond donors (Lipinski definition) is 1. The van der Waals surface area contributed by atoms with Gasteiger partial charge in [0.15, 0.2) is 0 Å². The highest BCUT2D eigenvalue weighted by atomic mass is 79.9. The molecule has 20 heavy (non-hydrogen) atoms. The topological polar surface area (TPSA) is 30.5 Å². The number of nitrogens with one attached hydrogen (secondary N) is 1. The zero-order valence-electron chi connectivity index (χ0n) is 11.3. The molecule has 1 saturated carbocycles. The van der Waals surface area contributed by atoms with Crippen LogP contribution in [0.3, 0.4) is 0 Å². The predicted molar refractivity (Wildman–Crippen MR) is 78.5 cm³/mol. The number of ether oxygens (including phenoxy) is 2. The van der Waals surface area contributed by atoms with Crippen LogP contribution in [-0.4, -0.2) is 31.4 Å². The fraction of sp³-hybridized carbons (Fsp3) is 0.600. The second kappa shape index (κ2) is 6.41. The molecule has 1 heterocycles. The van der Waals surface area contributed by atoms with Crippen LogP contribution in [0.4, 0.5) is 4.39 Å². The smallest absolute Gasteiger partial charge is 0.141 e. The van der Waals surface area contributed by atoms with E-state index in [1.54, 1.807) is 12.1 Å². The molecule has 110 valence electrons. The lowest BCUT2D eigenvalue weighted by Gasteiger charge is -2.15. The summed E-state index contributed by atoms with van der Waals surface area (Å²) in [5.74, 6) is 0.246. The van der Waals surface area contributed by atoms with Crippen LogP contribution in [0.25, 0.3) is 0 Å². The van der Waals surface area contributed by atoms with E-state index in [1.807, 2.05) is 0 Å². The Balaban J connectivity index is 1.41. The lowest BCUT2D eigenvalue weighted by Crippen LogP contribution is -2.29. The molecule has 1 aliphatic heterocycles. The lowest BCUT2D eigenvalue weighted by molar-refractivity contribution is 0.0183. The van der Waals surface area contributed by atoms with Gasteiger partial charge < -0.3 is 14.8 Å². The molecular weight excluding hydrogens is 325 g/mol. The number of halogens is 2. The van der Waals surface area contributed by atoms with E-state index < -0.39 is 0 Å². The normalized spacial score (nSPS) is 25.9. The summed E-state index contributed by atoms with van der Waals surface area (Å²) < 4.78 is 25.3. The zero-order valence-corrected chi connectivity index (χ0v) is 12.9. The minimum Gasteiger partial charge on any atom is -0.491 e. The number of benzene rings is 1. The number of hydrogen-bond acceptors (Lipinski definition) is 3. The van der Waals surface area contributed by atoms with Gasteiger partial charge >= 0.3 is 0 Å². The molecule has 2 atom stereocenters. The second-order valence-electron chi connectivity index (χ2n) is 5.53. The van der Waals surface area contributed by atoms with Gasteiger partial charge in [0.2, 0.25) is 0 Å². The number of rotatable bonds is 6. The highest BCUT2D eigenvalue weighted by Gasteiger charge is 2.28. The van der Waals surface area contributed by atoms with Crippen molar-refractivity contribution in [2.75, 3.05) is 13.2 Å². The Bertz CT molecular complexity index is 467. The van der Waals surface area contributed by atoms with Gasteiger partial charge in [0.25, 0.3) is 0 Å². The minimum atomic E-state index is -0.304. The van der Waals surface area contributed by atoms with Crippen molar-refractivity contribution in [1.29, 1.82) is 0 Å². The summed E-state index contributed by atoms with van der Waals surface area (Å²) in [6.07, 6.45) is 5.10. The molecule has 5 heteroatoms. The first-order valence-corrected chi connectivity index (χ1v) is 7.96. The molecule has 2 aliphatic rings. The Morgan fingerprint density at radius 1 is 1.25 bits per heavy atom. The molecule has 3 rings (SSSR count). The standard InChI is InChI=1S/C15H19BrFNO2/c16-14-6-5-11(7-15(14)17)19-9-13-4-3-12(20-13)8-18-10-1-2-10/h5-7,10,12-13,18H,1-4,8-9H2. The van der Waals surface area contributed by atoms with E-state index >= 15 is 0 Å². The van der Waals surface area contributed by atoms with Crippen LogP contribution >= 0.6 is 15.9 Å². The van der Waals surface area contributed by atoms with Crippen LogP contribution in [-0.2, 0) is 4.74 Å². The van der Waals surface area contributed by atoms with Crippen molar-refractivity contribution in [3.63, 3.8) is 0 Å². The molecule has 0 bridgehead atoms. The summed E-state index contributed by atoms with van der Waals surface area (Å²) in [5, 5.41) is 3.49. The highest BCUT2D eigenvalue weighted by molar-refractivity contribution is 9.10. The summed E-state index contributed by atoms with van der Waals surface area (Å²) in [5.41, 5.74) is 0. The van der Waals surface area contributed by atoms with Gasteiger partial charge in [0.1, 0.15) is 18.2 Å². The van der Waals surface area contributed by atoms with E-state index in [-0.39, 0.29) is 11.9 Å². The van der Waals surface area contributed by atoms with Gasteiger partial charge in [-0.25, -0.2) is 4.39 Å². The molecule has 0 amide bonds. The molecular formula is C15H19BrFNO2. The first-order valence-electron chi connectivity index (χ1n) is 7.17. The fourth-order valence-corrected chi connectivity index (χ4v) is 2.64. The summed E-state index contributed by atoms with van der Waals surface area (Å²) >= 11 is 3.13. The van der Waals surface area contributed by atoms with E-state index in [2.05, 4.69) is 21.2 Å². The Hall–Kier alpha value is -0.650. The van der Waals surface area contributed by atoms with Crippen LogP contribution in [0.1, 0.15) is 25.7 Å². The lowest BCUT2D eigenvalue weighted by atomic mass is 10.2. The van der Waals surface area contributed by atoms with Crippen LogP contribution in [0.15, 0.2) is 22.7 Å². The van der Waals surface area contributed by atoms with Crippen LogP contribution < -0.4 is 10.1 Å². The maximum Gasteiger partial charge on any atom is 0.141 e. The molecule has 1 saturated heterocycles. The summed E-state index contributed by atoms with van der Waals surface area (Å²) in [6.45, 7) is 1.43. The third-order valence-electron chi connectivity index (χ3n) is 3.73. The summed E-state index contributed by atoms with van der Waals surface area (Å²) in [7, 11) is 0. The van der Waals surface area contributed by atoms with Crippen molar-refractivity contribution < 1.29 is 13.9 Å². The second-order valence-corrected chi connectivity index (χ2v) is 6.38. The summed E-state index contributed by atoms with van der Waals surface area (Å²) in [6, 6.07) is 5.53. The molecule has 2 unspecified atom stereocenters. The Morgan fingerprint density at radius 2 is 2.05 bits per heavy atom. The van der Waals surface area contributed by atoms with Gasteiger partial charge in [0, 0.05) is 18.7 Å². The van der Waals surface area contributed by atoms with Crippen LogP contribution in [0, 0.1) is 5.82 Å². The molecule has 0 aromatic heterocycles. The highest BCUT2D eigenvalue weighted by Crippen LogP contribution is 2.24. The Morgan fingerprint density at radius 3 is 2.80 bits per heavy atom. The maximum absolute atomic E-state index is 13.4. The molecule has 1 aromatic carbocycles. The third kappa shape index (κ3) is 3.93. The van der Waals surface area contributed by atoms with Gasteiger partial charge in [-0.2, -0.15) is 0 Å². The molecule has 0 spiro atoms. The van der Waals surface area contributed by atoms with Gasteiger partial charge in [-0.3, -0.25) is 0 Å². The van der Waals surface area contributed by atoms with Crippen molar-refractivity contribution in [2.45, 2.75) is 43.9 Å².